The van der Waals surface area contributed by atoms with Crippen LogP contribution in [0.2, 0.25) is 0 Å². The molecule has 0 unspecified atom stereocenters. The van der Waals surface area contributed by atoms with Gasteiger partial charge in [0.25, 0.3) is 5.91 Å². The van der Waals surface area contributed by atoms with Gasteiger partial charge in [0.1, 0.15) is 12.1 Å². The summed E-state index contributed by atoms with van der Waals surface area (Å²) in [4.78, 5) is 26.1. The van der Waals surface area contributed by atoms with Gasteiger partial charge >= 0.3 is 0 Å². The number of aromatic nitrogens is 3. The quantitative estimate of drug-likeness (QED) is 0.365. The van der Waals surface area contributed by atoms with Gasteiger partial charge in [0.05, 0.1) is 27.2 Å². The number of benzene rings is 2. The molecule has 1 amide bonds. The monoisotopic (exact) mass is 453 g/mol. The van der Waals surface area contributed by atoms with E-state index in [9.17, 15) is 4.79 Å². The summed E-state index contributed by atoms with van der Waals surface area (Å²) in [7, 11) is 0. The molecule has 0 aliphatic heterocycles. The molecule has 0 spiro atoms. The number of aryl methyl sites for hydroxylation is 2. The molecule has 0 saturated heterocycles. The van der Waals surface area contributed by atoms with Crippen LogP contribution in [-0.4, -0.2) is 20.9 Å². The largest absolute Gasteiger partial charge is 0.382 e. The number of carbonyl (C=O) groups excluding carboxylic acids is 1. The molecular weight excluding hydrogens is 430 g/mol. The Morgan fingerprint density at radius 2 is 1.79 bits per heavy atom. The summed E-state index contributed by atoms with van der Waals surface area (Å²) in [5, 5.41) is 6.88. The highest BCUT2D eigenvalue weighted by molar-refractivity contribution is 7.18. The van der Waals surface area contributed by atoms with Gasteiger partial charge in [-0.2, -0.15) is 0 Å². The summed E-state index contributed by atoms with van der Waals surface area (Å²) in [5.41, 5.74) is 12.3. The lowest BCUT2D eigenvalue weighted by molar-refractivity contribution is 0.102. The molecule has 6 nitrogen and oxygen atoms in total. The van der Waals surface area contributed by atoms with E-state index in [1.54, 1.807) is 11.6 Å². The first-order valence-electron chi connectivity index (χ1n) is 10.8. The highest BCUT2D eigenvalue weighted by atomic mass is 32.1. The van der Waals surface area contributed by atoms with E-state index in [4.69, 9.17) is 5.73 Å². The smallest absolute Gasteiger partial charge is 0.258 e. The number of amides is 1. The third-order valence-corrected chi connectivity index (χ3v) is 6.90. The second kappa shape index (κ2) is 8.60. The number of nitrogens with one attached hydrogen (secondary N) is 1. The zero-order valence-corrected chi connectivity index (χ0v) is 19.2. The topological polar surface area (TPSA) is 93.8 Å². The van der Waals surface area contributed by atoms with Crippen LogP contribution < -0.4 is 11.1 Å². The summed E-state index contributed by atoms with van der Waals surface area (Å²) >= 11 is 1.37. The maximum Gasteiger partial charge on any atom is 0.258 e. The van der Waals surface area contributed by atoms with E-state index in [-0.39, 0.29) is 5.91 Å². The number of pyridine rings is 1. The minimum Gasteiger partial charge on any atom is -0.382 e. The number of nitrogens with two attached hydrogens (primary N) is 1. The fourth-order valence-electron chi connectivity index (χ4n) is 4.03. The average molecular weight is 454 g/mol. The minimum absolute atomic E-state index is 0.219. The molecule has 3 heterocycles. The molecule has 0 saturated carbocycles. The van der Waals surface area contributed by atoms with Gasteiger partial charge < -0.3 is 11.1 Å². The van der Waals surface area contributed by atoms with Gasteiger partial charge in [0.15, 0.2) is 0 Å². The highest BCUT2D eigenvalue weighted by Gasteiger charge is 2.18. The van der Waals surface area contributed by atoms with E-state index in [1.807, 2.05) is 19.1 Å². The fourth-order valence-corrected chi connectivity index (χ4v) is 4.93. The zero-order valence-electron chi connectivity index (χ0n) is 18.4. The molecule has 3 aromatic heterocycles. The Balaban J connectivity index is 1.51. The van der Waals surface area contributed by atoms with Crippen molar-refractivity contribution in [2.75, 3.05) is 11.1 Å². The van der Waals surface area contributed by atoms with E-state index < -0.39 is 0 Å². The van der Waals surface area contributed by atoms with Gasteiger partial charge in [0.2, 0.25) is 0 Å². The molecule has 0 atom stereocenters. The third kappa shape index (κ3) is 3.91. The van der Waals surface area contributed by atoms with Crippen LogP contribution in [0.5, 0.6) is 0 Å². The second-order valence-electron chi connectivity index (χ2n) is 8.00. The van der Waals surface area contributed by atoms with E-state index >= 15 is 0 Å². The Hall–Kier alpha value is -3.84. The number of rotatable bonds is 5. The summed E-state index contributed by atoms with van der Waals surface area (Å²) in [6, 6.07) is 14.7. The normalized spacial score (nSPS) is 11.2. The fraction of sp³-hybridized carbons (Fsp3) is 0.154. The average Bonchev–Trinajstić information content (AvgIpc) is 3.27. The van der Waals surface area contributed by atoms with Crippen molar-refractivity contribution < 1.29 is 4.79 Å². The lowest BCUT2D eigenvalue weighted by Gasteiger charge is -2.14. The number of nitrogens with zero attached hydrogens (tertiary/aromatic N) is 3. The SMILES string of the molecule is CCc1ccc(Cc2nccc3c(NC(=O)c4csc5c(N)ncnc45)c(C)ccc23)cc1. The third-order valence-electron chi connectivity index (χ3n) is 5.90. The molecule has 2 aromatic carbocycles. The van der Waals surface area contributed by atoms with Crippen molar-refractivity contribution in [3.63, 3.8) is 0 Å². The van der Waals surface area contributed by atoms with E-state index in [0.717, 1.165) is 45.3 Å². The van der Waals surface area contributed by atoms with Gasteiger partial charge in [-0.05, 0) is 36.1 Å². The van der Waals surface area contributed by atoms with Crippen molar-refractivity contribution in [3.8, 4) is 0 Å². The van der Waals surface area contributed by atoms with Crippen LogP contribution in [-0.2, 0) is 12.8 Å². The Morgan fingerprint density at radius 3 is 2.58 bits per heavy atom. The van der Waals surface area contributed by atoms with Gasteiger partial charge in [-0.15, -0.1) is 11.3 Å². The van der Waals surface area contributed by atoms with Crippen LogP contribution >= 0.6 is 11.3 Å². The molecule has 5 rings (SSSR count). The maximum absolute atomic E-state index is 13.2. The molecule has 33 heavy (non-hydrogen) atoms. The summed E-state index contributed by atoms with van der Waals surface area (Å²) in [6.07, 6.45) is 4.94. The van der Waals surface area contributed by atoms with Crippen LogP contribution in [0.4, 0.5) is 11.5 Å². The van der Waals surface area contributed by atoms with Crippen molar-refractivity contribution >= 4 is 49.7 Å². The van der Waals surface area contributed by atoms with Crippen molar-refractivity contribution in [2.24, 2.45) is 0 Å². The Morgan fingerprint density at radius 1 is 1.00 bits per heavy atom. The predicted octanol–water partition coefficient (Wildman–Crippen LogP) is 5.54. The first-order valence-corrected chi connectivity index (χ1v) is 11.7. The van der Waals surface area contributed by atoms with E-state index in [1.165, 1.54) is 28.8 Å². The van der Waals surface area contributed by atoms with Crippen molar-refractivity contribution in [3.05, 3.63) is 88.3 Å². The first kappa shape index (κ1) is 21.0. The number of hydrogen-bond donors (Lipinski definition) is 2. The molecular formula is C26H23N5OS. The van der Waals surface area contributed by atoms with Gasteiger partial charge in [-0.3, -0.25) is 9.78 Å². The van der Waals surface area contributed by atoms with Crippen LogP contribution in [0.25, 0.3) is 21.0 Å². The summed E-state index contributed by atoms with van der Waals surface area (Å²) in [6.45, 7) is 4.14. The molecule has 3 N–H and O–H groups in total. The van der Waals surface area contributed by atoms with Gasteiger partial charge in [0, 0.05) is 28.8 Å². The number of thiophene rings is 1. The molecule has 5 aromatic rings. The van der Waals surface area contributed by atoms with Crippen LogP contribution in [0.15, 0.2) is 60.4 Å². The lowest BCUT2D eigenvalue weighted by atomic mass is 9.99. The highest BCUT2D eigenvalue weighted by Crippen LogP contribution is 2.32. The molecule has 7 heteroatoms. The van der Waals surface area contributed by atoms with E-state index in [2.05, 4.69) is 57.5 Å². The van der Waals surface area contributed by atoms with Crippen LogP contribution in [0, 0.1) is 6.92 Å². The Bertz CT molecular complexity index is 1490. The molecule has 0 fully saturated rings. The number of nitrogen functional groups attached to an aromatic ring is 1. The standard InChI is InChI=1S/C26H23N5OS/c1-3-16-5-7-17(8-6-16)12-21-18-9-4-15(2)22(19(18)10-11-28-21)31-26(32)20-13-33-24-23(20)29-14-30-25(24)27/h4-11,13-14H,3,12H2,1-2H3,(H,31,32)(H2,27,29,30). The minimum atomic E-state index is -0.219. The molecule has 0 aliphatic rings. The Kier molecular flexibility index (Phi) is 5.48. The number of carbonyl (C=O) groups is 1. The maximum atomic E-state index is 13.2. The van der Waals surface area contributed by atoms with E-state index in [0.29, 0.717) is 16.9 Å². The molecule has 0 bridgehead atoms. The lowest BCUT2D eigenvalue weighted by Crippen LogP contribution is -2.13. The number of fused-ring (bicyclic) bond motifs is 2. The zero-order chi connectivity index (χ0) is 22.9. The predicted molar refractivity (Wildman–Crippen MR) is 135 cm³/mol. The van der Waals surface area contributed by atoms with Gasteiger partial charge in [-0.25, -0.2) is 9.97 Å². The molecule has 0 aliphatic carbocycles. The summed E-state index contributed by atoms with van der Waals surface area (Å²) in [5.74, 6) is 0.163. The van der Waals surface area contributed by atoms with Crippen molar-refractivity contribution in [2.45, 2.75) is 26.7 Å². The first-order chi connectivity index (χ1) is 16.0. The van der Waals surface area contributed by atoms with Crippen LogP contribution in [0.1, 0.15) is 39.7 Å². The number of anilines is 2. The molecule has 0 radical (unpaired) electrons. The van der Waals surface area contributed by atoms with Crippen LogP contribution in [0.3, 0.4) is 0 Å². The number of hydrogen-bond acceptors (Lipinski definition) is 6. The Labute approximate surface area is 195 Å². The van der Waals surface area contributed by atoms with Crippen molar-refractivity contribution in [1.29, 1.82) is 0 Å². The second-order valence-corrected chi connectivity index (χ2v) is 8.88. The van der Waals surface area contributed by atoms with Gasteiger partial charge in [-0.1, -0.05) is 43.3 Å². The molecule has 164 valence electrons. The summed E-state index contributed by atoms with van der Waals surface area (Å²) < 4.78 is 0.720. The van der Waals surface area contributed by atoms with Crippen molar-refractivity contribution in [1.82, 2.24) is 15.0 Å².